The largest absolute Gasteiger partial charge is 0.325 e. The summed E-state index contributed by atoms with van der Waals surface area (Å²) in [5.74, 6) is -0.905. The first-order valence-electron chi connectivity index (χ1n) is 9.60. The number of likely N-dealkylation sites (N-methyl/N-ethyl adjacent to an activating group) is 1. The van der Waals surface area contributed by atoms with Crippen LogP contribution in [-0.4, -0.2) is 30.3 Å². The van der Waals surface area contributed by atoms with Crippen LogP contribution in [0.15, 0.2) is 78.9 Å². The normalized spacial score (nSPS) is 11.7. The Morgan fingerprint density at radius 2 is 1.43 bits per heavy atom. The van der Waals surface area contributed by atoms with Crippen molar-refractivity contribution in [1.29, 1.82) is 0 Å². The van der Waals surface area contributed by atoms with Gasteiger partial charge in [-0.1, -0.05) is 48.0 Å². The number of benzene rings is 3. The van der Waals surface area contributed by atoms with Crippen LogP contribution >= 0.6 is 0 Å². The molecule has 0 radical (unpaired) electrons. The molecule has 0 unspecified atom stereocenters. The smallest absolute Gasteiger partial charge is 0.246 e. The van der Waals surface area contributed by atoms with Gasteiger partial charge in [0.25, 0.3) is 0 Å². The Kier molecular flexibility index (Phi) is 6.93. The third-order valence-corrected chi connectivity index (χ3v) is 4.64. The first-order valence-corrected chi connectivity index (χ1v) is 9.60. The Bertz CT molecular complexity index is 989. The van der Waals surface area contributed by atoms with Crippen molar-refractivity contribution in [3.05, 3.63) is 95.8 Å². The minimum atomic E-state index is -0.661. The number of hydrogen-bond acceptors (Lipinski definition) is 3. The second kappa shape index (κ2) is 9.80. The second-order valence-corrected chi connectivity index (χ2v) is 7.14. The molecule has 0 heterocycles. The Labute approximate surface area is 175 Å². The van der Waals surface area contributed by atoms with Gasteiger partial charge < -0.3 is 10.6 Å². The van der Waals surface area contributed by atoms with Crippen molar-refractivity contribution in [3.8, 4) is 0 Å². The van der Waals surface area contributed by atoms with Crippen molar-refractivity contribution in [2.75, 3.05) is 24.2 Å². The summed E-state index contributed by atoms with van der Waals surface area (Å²) in [5, 5.41) is 5.65. The van der Waals surface area contributed by atoms with Gasteiger partial charge in [0.15, 0.2) is 0 Å². The molecule has 2 amide bonds. The van der Waals surface area contributed by atoms with Crippen LogP contribution in [0.1, 0.15) is 17.2 Å². The van der Waals surface area contributed by atoms with Crippen LogP contribution in [0.5, 0.6) is 0 Å². The van der Waals surface area contributed by atoms with E-state index in [1.165, 1.54) is 24.3 Å². The fourth-order valence-corrected chi connectivity index (χ4v) is 3.14. The van der Waals surface area contributed by atoms with Crippen LogP contribution in [-0.2, 0) is 9.59 Å². The number of carbonyl (C=O) groups is 2. The van der Waals surface area contributed by atoms with Crippen LogP contribution < -0.4 is 10.6 Å². The molecule has 0 saturated heterocycles. The van der Waals surface area contributed by atoms with Gasteiger partial charge in [-0.15, -0.1) is 0 Å². The molecule has 0 spiro atoms. The number of nitrogens with one attached hydrogen (secondary N) is 2. The minimum Gasteiger partial charge on any atom is -0.325 e. The number of halogens is 1. The average Bonchev–Trinajstić information content (AvgIpc) is 2.72. The standard InChI is InChI=1S/C24H24FN3O2/c1-17-8-12-21(13-9-17)27-24(30)23(18-6-4-3-5-7-18)28(2)16-22(29)26-20-14-10-19(25)11-15-20/h3-15,23H,16H2,1-2H3,(H,26,29)(H,27,30)/t23-/m1/s1. The molecule has 0 aromatic heterocycles. The Morgan fingerprint density at radius 1 is 0.867 bits per heavy atom. The Balaban J connectivity index is 1.74. The van der Waals surface area contributed by atoms with Crippen molar-refractivity contribution in [3.63, 3.8) is 0 Å². The first kappa shape index (κ1) is 21.2. The van der Waals surface area contributed by atoms with E-state index in [2.05, 4.69) is 10.6 Å². The van der Waals surface area contributed by atoms with Crippen LogP contribution in [0.25, 0.3) is 0 Å². The molecule has 2 N–H and O–H groups in total. The monoisotopic (exact) mass is 405 g/mol. The lowest BCUT2D eigenvalue weighted by molar-refractivity contribution is -0.123. The van der Waals surface area contributed by atoms with E-state index in [4.69, 9.17) is 0 Å². The molecule has 5 nitrogen and oxygen atoms in total. The predicted octanol–water partition coefficient (Wildman–Crippen LogP) is 4.38. The van der Waals surface area contributed by atoms with Crippen LogP contribution in [0.4, 0.5) is 15.8 Å². The van der Waals surface area contributed by atoms with Crippen molar-refractivity contribution >= 4 is 23.2 Å². The summed E-state index contributed by atoms with van der Waals surface area (Å²) in [7, 11) is 1.72. The molecule has 3 rings (SSSR count). The van der Waals surface area contributed by atoms with Crippen molar-refractivity contribution < 1.29 is 14.0 Å². The Morgan fingerprint density at radius 3 is 2.07 bits per heavy atom. The van der Waals surface area contributed by atoms with Crippen molar-refractivity contribution in [2.45, 2.75) is 13.0 Å². The average molecular weight is 405 g/mol. The first-order chi connectivity index (χ1) is 14.4. The summed E-state index contributed by atoms with van der Waals surface area (Å²) >= 11 is 0. The number of nitrogens with zero attached hydrogens (tertiary/aromatic N) is 1. The predicted molar refractivity (Wildman–Crippen MR) is 117 cm³/mol. The number of amides is 2. The highest BCUT2D eigenvalue weighted by molar-refractivity contribution is 5.97. The van der Waals surface area contributed by atoms with Gasteiger partial charge in [0, 0.05) is 11.4 Å². The lowest BCUT2D eigenvalue weighted by Crippen LogP contribution is -2.39. The lowest BCUT2D eigenvalue weighted by Gasteiger charge is -2.27. The quantitative estimate of drug-likeness (QED) is 0.613. The highest BCUT2D eigenvalue weighted by Crippen LogP contribution is 2.22. The zero-order valence-corrected chi connectivity index (χ0v) is 16.9. The molecule has 0 aliphatic rings. The van der Waals surface area contributed by atoms with Crippen LogP contribution in [0.2, 0.25) is 0 Å². The fraction of sp³-hybridized carbons (Fsp3) is 0.167. The third kappa shape index (κ3) is 5.75. The molecule has 3 aromatic rings. The summed E-state index contributed by atoms with van der Waals surface area (Å²) < 4.78 is 13.1. The summed E-state index contributed by atoms with van der Waals surface area (Å²) in [6.45, 7) is 1.96. The SMILES string of the molecule is Cc1ccc(NC(=O)[C@@H](c2ccccc2)N(C)CC(=O)Nc2ccc(F)cc2)cc1. The molecule has 0 bridgehead atoms. The number of anilines is 2. The molecule has 3 aromatic carbocycles. The van der Waals surface area contributed by atoms with E-state index in [9.17, 15) is 14.0 Å². The van der Waals surface area contributed by atoms with Crippen molar-refractivity contribution in [2.24, 2.45) is 0 Å². The van der Waals surface area contributed by atoms with Gasteiger partial charge in [-0.05, 0) is 55.9 Å². The molecular weight excluding hydrogens is 381 g/mol. The van der Waals surface area contributed by atoms with Crippen LogP contribution in [0, 0.1) is 12.7 Å². The van der Waals surface area contributed by atoms with Gasteiger partial charge in [-0.3, -0.25) is 14.5 Å². The minimum absolute atomic E-state index is 0.0156. The van der Waals surface area contributed by atoms with E-state index in [-0.39, 0.29) is 24.2 Å². The molecule has 1 atom stereocenters. The molecular formula is C24H24FN3O2. The van der Waals surface area contributed by atoms with Gasteiger partial charge in [0.1, 0.15) is 11.9 Å². The lowest BCUT2D eigenvalue weighted by atomic mass is 10.0. The second-order valence-electron chi connectivity index (χ2n) is 7.14. The van der Waals surface area contributed by atoms with E-state index in [0.29, 0.717) is 11.4 Å². The zero-order chi connectivity index (χ0) is 21.5. The Hall–Kier alpha value is -3.51. The maximum Gasteiger partial charge on any atom is 0.246 e. The van der Waals surface area contributed by atoms with Crippen molar-refractivity contribution in [1.82, 2.24) is 4.90 Å². The maximum atomic E-state index is 13.1. The van der Waals surface area contributed by atoms with E-state index < -0.39 is 6.04 Å². The fourth-order valence-electron chi connectivity index (χ4n) is 3.14. The molecule has 0 aliphatic carbocycles. The van der Waals surface area contributed by atoms with E-state index in [0.717, 1.165) is 11.1 Å². The molecule has 30 heavy (non-hydrogen) atoms. The maximum absolute atomic E-state index is 13.1. The zero-order valence-electron chi connectivity index (χ0n) is 16.9. The molecule has 154 valence electrons. The molecule has 6 heteroatoms. The van der Waals surface area contributed by atoms with Gasteiger partial charge >= 0.3 is 0 Å². The summed E-state index contributed by atoms with van der Waals surface area (Å²) in [5.41, 5.74) is 3.06. The summed E-state index contributed by atoms with van der Waals surface area (Å²) in [6.07, 6.45) is 0. The molecule has 0 fully saturated rings. The highest BCUT2D eigenvalue weighted by atomic mass is 19.1. The van der Waals surface area contributed by atoms with E-state index >= 15 is 0 Å². The third-order valence-electron chi connectivity index (χ3n) is 4.64. The summed E-state index contributed by atoms with van der Waals surface area (Å²) in [4.78, 5) is 27.3. The number of hydrogen-bond donors (Lipinski definition) is 2. The summed E-state index contributed by atoms with van der Waals surface area (Å²) in [6, 6.07) is 21.7. The molecule has 0 aliphatic heterocycles. The topological polar surface area (TPSA) is 61.4 Å². The number of carbonyl (C=O) groups excluding carboxylic acids is 2. The van der Waals surface area contributed by atoms with Gasteiger partial charge in [0.05, 0.1) is 6.54 Å². The molecule has 0 saturated carbocycles. The van der Waals surface area contributed by atoms with Gasteiger partial charge in [-0.25, -0.2) is 4.39 Å². The van der Waals surface area contributed by atoms with Gasteiger partial charge in [-0.2, -0.15) is 0 Å². The van der Waals surface area contributed by atoms with Gasteiger partial charge in [0.2, 0.25) is 11.8 Å². The van der Waals surface area contributed by atoms with E-state index in [1.54, 1.807) is 11.9 Å². The number of aryl methyl sites for hydroxylation is 1. The van der Waals surface area contributed by atoms with E-state index in [1.807, 2.05) is 61.5 Å². The highest BCUT2D eigenvalue weighted by Gasteiger charge is 2.26. The number of rotatable bonds is 7. The van der Waals surface area contributed by atoms with Crippen LogP contribution in [0.3, 0.4) is 0 Å².